The molecule has 1 atom stereocenters. The first kappa shape index (κ1) is 12.7. The van der Waals surface area contributed by atoms with Gasteiger partial charge in [0.05, 0.1) is 17.4 Å². The van der Waals surface area contributed by atoms with Gasteiger partial charge in [-0.05, 0) is 25.1 Å². The average molecular weight is 241 g/mol. The van der Waals surface area contributed by atoms with E-state index in [2.05, 4.69) is 33.8 Å². The van der Waals surface area contributed by atoms with Crippen molar-refractivity contribution in [1.29, 1.82) is 0 Å². The predicted molar refractivity (Wildman–Crippen MR) is 75.3 cm³/mol. The average Bonchev–Trinajstić information content (AvgIpc) is 2.80. The van der Waals surface area contributed by atoms with Crippen LogP contribution in [0.5, 0.6) is 0 Å². The number of likely N-dealkylation sites (N-methyl/N-ethyl adjacent to an activating group) is 1. The lowest BCUT2D eigenvalue weighted by atomic mass is 10.1. The summed E-state index contributed by atoms with van der Waals surface area (Å²) in [7, 11) is 0. The van der Waals surface area contributed by atoms with Gasteiger partial charge in [-0.1, -0.05) is 19.1 Å². The fourth-order valence-corrected chi connectivity index (χ4v) is 2.20. The molecule has 0 aliphatic rings. The summed E-state index contributed by atoms with van der Waals surface area (Å²) in [6.45, 7) is 3.99. The van der Waals surface area contributed by atoms with E-state index in [0.717, 1.165) is 31.4 Å². The van der Waals surface area contributed by atoms with E-state index in [-0.39, 0.29) is 0 Å². The monoisotopic (exact) mass is 241 g/mol. The van der Waals surface area contributed by atoms with Crippen LogP contribution in [0.4, 0.5) is 0 Å². The standard InChI is InChI=1S/C15H19N3/c1-3-5-8-13(16-4-2)11-18-12-17-14-9-6-7-10-15(14)18/h1,6-7,9-10,12-13,16H,4-5,8,11H2,2H3. The molecular weight excluding hydrogens is 222 g/mol. The summed E-state index contributed by atoms with van der Waals surface area (Å²) in [5.74, 6) is 2.71. The fraction of sp³-hybridized carbons (Fsp3) is 0.400. The molecule has 0 aliphatic carbocycles. The van der Waals surface area contributed by atoms with Crippen molar-refractivity contribution in [2.45, 2.75) is 32.4 Å². The zero-order chi connectivity index (χ0) is 12.8. The first-order chi connectivity index (χ1) is 8.85. The molecule has 0 bridgehead atoms. The smallest absolute Gasteiger partial charge is 0.0958 e. The third-order valence-corrected chi connectivity index (χ3v) is 3.07. The molecule has 0 fully saturated rings. The Morgan fingerprint density at radius 2 is 2.28 bits per heavy atom. The molecule has 0 saturated carbocycles. The lowest BCUT2D eigenvalue weighted by molar-refractivity contribution is 0.442. The Kier molecular flexibility index (Phi) is 4.38. The minimum Gasteiger partial charge on any atom is -0.329 e. The minimum atomic E-state index is 0.406. The van der Waals surface area contributed by atoms with Crippen molar-refractivity contribution in [3.8, 4) is 12.3 Å². The van der Waals surface area contributed by atoms with Gasteiger partial charge in [0.2, 0.25) is 0 Å². The van der Waals surface area contributed by atoms with Gasteiger partial charge in [-0.3, -0.25) is 0 Å². The van der Waals surface area contributed by atoms with Crippen molar-refractivity contribution >= 4 is 11.0 Å². The maximum absolute atomic E-state index is 5.34. The van der Waals surface area contributed by atoms with Crippen LogP contribution in [0, 0.1) is 12.3 Å². The molecule has 2 rings (SSSR count). The van der Waals surface area contributed by atoms with Gasteiger partial charge >= 0.3 is 0 Å². The molecule has 1 aromatic carbocycles. The number of benzene rings is 1. The SMILES string of the molecule is C#CCCC(Cn1cnc2ccccc21)NCC. The molecule has 0 amide bonds. The van der Waals surface area contributed by atoms with E-state index in [1.807, 2.05) is 24.5 Å². The highest BCUT2D eigenvalue weighted by atomic mass is 15.1. The molecule has 0 spiro atoms. The molecule has 3 nitrogen and oxygen atoms in total. The molecule has 0 radical (unpaired) electrons. The number of para-hydroxylation sites is 2. The number of nitrogens with one attached hydrogen (secondary N) is 1. The van der Waals surface area contributed by atoms with Gasteiger partial charge in [-0.15, -0.1) is 12.3 Å². The molecule has 1 N–H and O–H groups in total. The summed E-state index contributed by atoms with van der Waals surface area (Å²) in [6, 6.07) is 8.61. The topological polar surface area (TPSA) is 29.9 Å². The number of fused-ring (bicyclic) bond motifs is 1. The highest BCUT2D eigenvalue weighted by molar-refractivity contribution is 5.74. The maximum Gasteiger partial charge on any atom is 0.0958 e. The van der Waals surface area contributed by atoms with Crippen molar-refractivity contribution < 1.29 is 0 Å². The minimum absolute atomic E-state index is 0.406. The number of nitrogens with zero attached hydrogens (tertiary/aromatic N) is 2. The van der Waals surface area contributed by atoms with Crippen LogP contribution in [0.1, 0.15) is 19.8 Å². The van der Waals surface area contributed by atoms with Crippen LogP contribution in [0.3, 0.4) is 0 Å². The van der Waals surface area contributed by atoms with Gasteiger partial charge in [0.25, 0.3) is 0 Å². The Morgan fingerprint density at radius 1 is 1.44 bits per heavy atom. The quantitative estimate of drug-likeness (QED) is 0.787. The normalized spacial score (nSPS) is 12.4. The first-order valence-corrected chi connectivity index (χ1v) is 6.42. The molecule has 1 unspecified atom stereocenters. The second kappa shape index (κ2) is 6.23. The van der Waals surface area contributed by atoms with E-state index >= 15 is 0 Å². The van der Waals surface area contributed by atoms with Crippen molar-refractivity contribution in [2.75, 3.05) is 6.54 Å². The number of aromatic nitrogens is 2. The van der Waals surface area contributed by atoms with Crippen LogP contribution >= 0.6 is 0 Å². The van der Waals surface area contributed by atoms with Gasteiger partial charge in [0, 0.05) is 19.0 Å². The lowest BCUT2D eigenvalue weighted by Crippen LogP contribution is -2.32. The second-order valence-corrected chi connectivity index (χ2v) is 4.38. The Bertz CT molecular complexity index is 536. The summed E-state index contributed by atoms with van der Waals surface area (Å²) < 4.78 is 2.19. The zero-order valence-electron chi connectivity index (χ0n) is 10.8. The van der Waals surface area contributed by atoms with Crippen LogP contribution < -0.4 is 5.32 Å². The highest BCUT2D eigenvalue weighted by Crippen LogP contribution is 2.13. The fourth-order valence-electron chi connectivity index (χ4n) is 2.20. The Hall–Kier alpha value is -1.79. The van der Waals surface area contributed by atoms with E-state index in [1.165, 1.54) is 5.52 Å². The van der Waals surface area contributed by atoms with Crippen LogP contribution in [0.2, 0.25) is 0 Å². The summed E-state index contributed by atoms with van der Waals surface area (Å²) in [5, 5.41) is 3.48. The van der Waals surface area contributed by atoms with Gasteiger partial charge in [-0.25, -0.2) is 4.98 Å². The summed E-state index contributed by atoms with van der Waals surface area (Å²) in [6.07, 6.45) is 9.05. The van der Waals surface area contributed by atoms with Gasteiger partial charge < -0.3 is 9.88 Å². The zero-order valence-corrected chi connectivity index (χ0v) is 10.8. The molecule has 0 aliphatic heterocycles. The van der Waals surface area contributed by atoms with E-state index in [0.29, 0.717) is 6.04 Å². The van der Waals surface area contributed by atoms with Crippen molar-refractivity contribution in [3.05, 3.63) is 30.6 Å². The van der Waals surface area contributed by atoms with E-state index in [1.54, 1.807) is 0 Å². The number of hydrogen-bond acceptors (Lipinski definition) is 2. The third kappa shape index (κ3) is 2.91. The number of imidazole rings is 1. The predicted octanol–water partition coefficient (Wildman–Crippen LogP) is 2.43. The molecule has 3 heteroatoms. The Balaban J connectivity index is 2.13. The summed E-state index contributed by atoms with van der Waals surface area (Å²) in [4.78, 5) is 4.41. The molecule has 18 heavy (non-hydrogen) atoms. The van der Waals surface area contributed by atoms with Crippen LogP contribution in [0.25, 0.3) is 11.0 Å². The summed E-state index contributed by atoms with van der Waals surface area (Å²) >= 11 is 0. The largest absolute Gasteiger partial charge is 0.329 e. The third-order valence-electron chi connectivity index (χ3n) is 3.07. The van der Waals surface area contributed by atoms with E-state index < -0.39 is 0 Å². The second-order valence-electron chi connectivity index (χ2n) is 4.38. The number of terminal acetylenes is 1. The van der Waals surface area contributed by atoms with Crippen LogP contribution in [0.15, 0.2) is 30.6 Å². The van der Waals surface area contributed by atoms with Crippen molar-refractivity contribution in [3.63, 3.8) is 0 Å². The Morgan fingerprint density at radius 3 is 3.06 bits per heavy atom. The Labute approximate surface area is 108 Å². The summed E-state index contributed by atoms with van der Waals surface area (Å²) in [5.41, 5.74) is 2.23. The van der Waals surface area contributed by atoms with E-state index in [4.69, 9.17) is 6.42 Å². The number of hydrogen-bond donors (Lipinski definition) is 1. The van der Waals surface area contributed by atoms with Crippen LogP contribution in [-0.2, 0) is 6.54 Å². The van der Waals surface area contributed by atoms with E-state index in [9.17, 15) is 0 Å². The van der Waals surface area contributed by atoms with Crippen molar-refractivity contribution in [1.82, 2.24) is 14.9 Å². The molecule has 1 heterocycles. The maximum atomic E-state index is 5.34. The number of rotatable bonds is 6. The molecule has 94 valence electrons. The molecule has 2 aromatic rings. The van der Waals surface area contributed by atoms with Gasteiger partial charge in [0.1, 0.15) is 0 Å². The van der Waals surface area contributed by atoms with Gasteiger partial charge in [-0.2, -0.15) is 0 Å². The lowest BCUT2D eigenvalue weighted by Gasteiger charge is -2.17. The molecular formula is C15H19N3. The van der Waals surface area contributed by atoms with Crippen LogP contribution in [-0.4, -0.2) is 22.1 Å². The molecule has 1 aromatic heterocycles. The highest BCUT2D eigenvalue weighted by Gasteiger charge is 2.09. The van der Waals surface area contributed by atoms with Gasteiger partial charge in [0.15, 0.2) is 0 Å². The molecule has 0 saturated heterocycles. The van der Waals surface area contributed by atoms with Crippen molar-refractivity contribution in [2.24, 2.45) is 0 Å². The first-order valence-electron chi connectivity index (χ1n) is 6.42.